The molecule has 0 aliphatic rings. The lowest BCUT2D eigenvalue weighted by Gasteiger charge is -2.09. The summed E-state index contributed by atoms with van der Waals surface area (Å²) in [5.74, 6) is -1.20. The van der Waals surface area contributed by atoms with E-state index in [4.69, 9.17) is 10.8 Å². The van der Waals surface area contributed by atoms with E-state index >= 15 is 0 Å². The number of carboxylic acid groups (broad SMARTS) is 1. The van der Waals surface area contributed by atoms with Crippen molar-refractivity contribution in [3.8, 4) is 0 Å². The SMILES string of the molecule is Cc1ccc(NC(=O)CCSCC(N)=O)c(C(=O)O)c1. The number of aryl methyl sites for hydroxylation is 1. The van der Waals surface area contributed by atoms with Crippen LogP contribution in [0.4, 0.5) is 5.69 Å². The Balaban J connectivity index is 2.57. The van der Waals surface area contributed by atoms with Crippen molar-refractivity contribution in [1.82, 2.24) is 0 Å². The molecule has 7 heteroatoms. The Morgan fingerprint density at radius 2 is 2.05 bits per heavy atom. The third kappa shape index (κ3) is 5.31. The van der Waals surface area contributed by atoms with Gasteiger partial charge in [-0.15, -0.1) is 0 Å². The van der Waals surface area contributed by atoms with Crippen molar-refractivity contribution < 1.29 is 19.5 Å². The van der Waals surface area contributed by atoms with E-state index in [9.17, 15) is 14.4 Å². The summed E-state index contributed by atoms with van der Waals surface area (Å²) in [5.41, 5.74) is 6.11. The summed E-state index contributed by atoms with van der Waals surface area (Å²) in [6.07, 6.45) is 0.185. The maximum atomic E-state index is 11.7. The lowest BCUT2D eigenvalue weighted by Crippen LogP contribution is -2.17. The highest BCUT2D eigenvalue weighted by Crippen LogP contribution is 2.18. The predicted octanol–water partition coefficient (Wildman–Crippen LogP) is 1.24. The third-order valence-corrected chi connectivity index (χ3v) is 3.38. The van der Waals surface area contributed by atoms with Gasteiger partial charge in [0, 0.05) is 12.2 Å². The molecule has 0 aliphatic heterocycles. The first-order valence-corrected chi connectivity index (χ1v) is 7.05. The second-order valence-corrected chi connectivity index (χ2v) is 5.28. The molecule has 0 bridgehead atoms. The zero-order chi connectivity index (χ0) is 15.1. The largest absolute Gasteiger partial charge is 0.478 e. The number of nitrogens with one attached hydrogen (secondary N) is 1. The van der Waals surface area contributed by atoms with Gasteiger partial charge < -0.3 is 16.2 Å². The second-order valence-electron chi connectivity index (χ2n) is 4.17. The number of primary amides is 1. The summed E-state index contributed by atoms with van der Waals surface area (Å²) < 4.78 is 0. The highest BCUT2D eigenvalue weighted by atomic mass is 32.2. The number of carbonyl (C=O) groups is 3. The maximum Gasteiger partial charge on any atom is 0.337 e. The Kier molecular flexibility index (Phi) is 6.05. The molecule has 108 valence electrons. The predicted molar refractivity (Wildman–Crippen MR) is 77.9 cm³/mol. The number of carboxylic acids is 1. The number of amides is 2. The Hall–Kier alpha value is -2.02. The van der Waals surface area contributed by atoms with Crippen LogP contribution in [0.1, 0.15) is 22.3 Å². The molecular formula is C13H16N2O4S. The number of rotatable bonds is 7. The molecule has 0 spiro atoms. The van der Waals surface area contributed by atoms with Crippen LogP contribution in [0.5, 0.6) is 0 Å². The summed E-state index contributed by atoms with van der Waals surface area (Å²) >= 11 is 1.26. The number of hydrogen-bond donors (Lipinski definition) is 3. The first-order valence-electron chi connectivity index (χ1n) is 5.90. The number of benzene rings is 1. The summed E-state index contributed by atoms with van der Waals surface area (Å²) in [7, 11) is 0. The molecule has 0 saturated carbocycles. The summed E-state index contributed by atoms with van der Waals surface area (Å²) in [5, 5.41) is 11.6. The van der Waals surface area contributed by atoms with Gasteiger partial charge in [0.05, 0.1) is 17.0 Å². The van der Waals surface area contributed by atoms with E-state index in [0.717, 1.165) is 5.56 Å². The van der Waals surface area contributed by atoms with Gasteiger partial charge in [0.25, 0.3) is 0 Å². The highest BCUT2D eigenvalue weighted by molar-refractivity contribution is 7.99. The van der Waals surface area contributed by atoms with E-state index in [-0.39, 0.29) is 29.3 Å². The van der Waals surface area contributed by atoms with Crippen molar-refractivity contribution in [3.05, 3.63) is 29.3 Å². The first-order chi connectivity index (χ1) is 9.40. The van der Waals surface area contributed by atoms with E-state index in [1.165, 1.54) is 17.8 Å². The molecule has 4 N–H and O–H groups in total. The number of aromatic carboxylic acids is 1. The maximum absolute atomic E-state index is 11.7. The number of carbonyl (C=O) groups excluding carboxylic acids is 2. The number of thioether (sulfide) groups is 1. The van der Waals surface area contributed by atoms with Gasteiger partial charge in [-0.25, -0.2) is 4.79 Å². The van der Waals surface area contributed by atoms with Crippen LogP contribution < -0.4 is 11.1 Å². The average molecular weight is 296 g/mol. The molecule has 6 nitrogen and oxygen atoms in total. The number of anilines is 1. The third-order valence-electron chi connectivity index (χ3n) is 2.40. The summed E-state index contributed by atoms with van der Waals surface area (Å²) in [4.78, 5) is 33.3. The van der Waals surface area contributed by atoms with Crippen LogP contribution in [0, 0.1) is 6.92 Å². The molecular weight excluding hydrogens is 280 g/mol. The van der Waals surface area contributed by atoms with Gasteiger partial charge in [-0.3, -0.25) is 9.59 Å². The van der Waals surface area contributed by atoms with Gasteiger partial charge in [-0.2, -0.15) is 11.8 Å². The minimum Gasteiger partial charge on any atom is -0.478 e. The quantitative estimate of drug-likeness (QED) is 0.656. The number of nitrogens with two attached hydrogens (primary N) is 1. The molecule has 1 rings (SSSR count). The summed E-state index contributed by atoms with van der Waals surface area (Å²) in [6.45, 7) is 1.78. The van der Waals surface area contributed by atoms with Crippen LogP contribution in [0.3, 0.4) is 0 Å². The van der Waals surface area contributed by atoms with E-state index < -0.39 is 11.9 Å². The average Bonchev–Trinajstić information content (AvgIpc) is 2.36. The Morgan fingerprint density at radius 1 is 1.35 bits per heavy atom. The standard InChI is InChI=1S/C13H16N2O4S/c1-8-2-3-10(9(6-8)13(18)19)15-12(17)4-5-20-7-11(14)16/h2-3,6H,4-5,7H2,1H3,(H2,14,16)(H,15,17)(H,18,19). The van der Waals surface area contributed by atoms with Crippen molar-refractivity contribution in [2.45, 2.75) is 13.3 Å². The van der Waals surface area contributed by atoms with E-state index in [1.807, 2.05) is 0 Å². The van der Waals surface area contributed by atoms with Crippen molar-refractivity contribution in [2.75, 3.05) is 16.8 Å². The fourth-order valence-electron chi connectivity index (χ4n) is 1.49. The first kappa shape index (κ1) is 16.0. The molecule has 0 aliphatic carbocycles. The summed E-state index contributed by atoms with van der Waals surface area (Å²) in [6, 6.07) is 4.79. The fourth-order valence-corrected chi connectivity index (χ4v) is 2.17. The Morgan fingerprint density at radius 3 is 2.65 bits per heavy atom. The van der Waals surface area contributed by atoms with Gasteiger partial charge in [0.15, 0.2) is 0 Å². The Labute approximate surface area is 120 Å². The molecule has 0 radical (unpaired) electrons. The molecule has 0 heterocycles. The Bertz CT molecular complexity index is 531. The van der Waals surface area contributed by atoms with Crippen LogP contribution in [-0.4, -0.2) is 34.4 Å². The van der Waals surface area contributed by atoms with Crippen LogP contribution in [-0.2, 0) is 9.59 Å². The molecule has 2 amide bonds. The minimum atomic E-state index is -1.09. The highest BCUT2D eigenvalue weighted by Gasteiger charge is 2.12. The molecule has 20 heavy (non-hydrogen) atoms. The minimum absolute atomic E-state index is 0.0585. The van der Waals surface area contributed by atoms with Crippen molar-refractivity contribution in [3.63, 3.8) is 0 Å². The van der Waals surface area contributed by atoms with Crippen molar-refractivity contribution >= 4 is 35.2 Å². The molecule has 1 aromatic carbocycles. The monoisotopic (exact) mass is 296 g/mol. The molecule has 1 aromatic rings. The second kappa shape index (κ2) is 7.54. The molecule has 0 atom stereocenters. The zero-order valence-electron chi connectivity index (χ0n) is 11.0. The van der Waals surface area contributed by atoms with Gasteiger partial charge in [-0.1, -0.05) is 11.6 Å². The van der Waals surface area contributed by atoms with E-state index in [1.54, 1.807) is 19.1 Å². The van der Waals surface area contributed by atoms with Crippen molar-refractivity contribution in [2.24, 2.45) is 5.73 Å². The topological polar surface area (TPSA) is 109 Å². The smallest absolute Gasteiger partial charge is 0.337 e. The van der Waals surface area contributed by atoms with Crippen LogP contribution in [0.2, 0.25) is 0 Å². The number of hydrogen-bond acceptors (Lipinski definition) is 4. The van der Waals surface area contributed by atoms with Crippen LogP contribution >= 0.6 is 11.8 Å². The van der Waals surface area contributed by atoms with Gasteiger partial charge >= 0.3 is 5.97 Å². The fraction of sp³-hybridized carbons (Fsp3) is 0.308. The van der Waals surface area contributed by atoms with Crippen LogP contribution in [0.25, 0.3) is 0 Å². The van der Waals surface area contributed by atoms with Gasteiger partial charge in [-0.05, 0) is 19.1 Å². The molecule has 0 aromatic heterocycles. The molecule has 0 fully saturated rings. The van der Waals surface area contributed by atoms with E-state index in [2.05, 4.69) is 5.32 Å². The van der Waals surface area contributed by atoms with E-state index in [0.29, 0.717) is 5.75 Å². The lowest BCUT2D eigenvalue weighted by molar-refractivity contribution is -0.116. The molecule has 0 saturated heterocycles. The van der Waals surface area contributed by atoms with Crippen molar-refractivity contribution in [1.29, 1.82) is 0 Å². The van der Waals surface area contributed by atoms with Gasteiger partial charge in [0.2, 0.25) is 11.8 Å². The normalized spacial score (nSPS) is 10.1. The van der Waals surface area contributed by atoms with Crippen LogP contribution in [0.15, 0.2) is 18.2 Å². The molecule has 0 unspecified atom stereocenters. The van der Waals surface area contributed by atoms with Gasteiger partial charge in [0.1, 0.15) is 0 Å². The zero-order valence-corrected chi connectivity index (χ0v) is 11.8. The lowest BCUT2D eigenvalue weighted by atomic mass is 10.1.